The second kappa shape index (κ2) is 4.33. The highest BCUT2D eigenvalue weighted by Gasteiger charge is 2.18. The van der Waals surface area contributed by atoms with E-state index in [0.717, 1.165) is 25.1 Å². The van der Waals surface area contributed by atoms with Gasteiger partial charge in [0.25, 0.3) is 0 Å². The van der Waals surface area contributed by atoms with Gasteiger partial charge in [-0.2, -0.15) is 0 Å². The fourth-order valence-electron chi connectivity index (χ4n) is 1.80. The van der Waals surface area contributed by atoms with Crippen molar-refractivity contribution in [3.63, 3.8) is 0 Å². The number of nitrogens with zero attached hydrogens (tertiary/aromatic N) is 1. The molecule has 74 valence electrons. The first kappa shape index (κ1) is 9.34. The molecule has 1 fully saturated rings. The fraction of sp³-hybridized carbons (Fsp3) is 0.455. The lowest BCUT2D eigenvalue weighted by atomic mass is 9.99. The third-order valence-corrected chi connectivity index (χ3v) is 2.62. The standard InChI is InChI=1S/C11H14N2O/c14-11(6-9-3-5-13-7-9)10-2-1-4-12-8-10/h1-2,4,8-9,13H,3,5-7H2. The third-order valence-electron chi connectivity index (χ3n) is 2.62. The second-order valence-corrected chi connectivity index (χ2v) is 3.73. The fourth-order valence-corrected chi connectivity index (χ4v) is 1.80. The minimum Gasteiger partial charge on any atom is -0.316 e. The first-order chi connectivity index (χ1) is 6.86. The average molecular weight is 190 g/mol. The molecule has 0 spiro atoms. The Kier molecular flexibility index (Phi) is 2.89. The van der Waals surface area contributed by atoms with E-state index in [1.807, 2.05) is 6.07 Å². The molecular weight excluding hydrogens is 176 g/mol. The summed E-state index contributed by atoms with van der Waals surface area (Å²) in [7, 11) is 0. The molecule has 1 unspecified atom stereocenters. The zero-order chi connectivity index (χ0) is 9.80. The van der Waals surface area contributed by atoms with Crippen LogP contribution >= 0.6 is 0 Å². The van der Waals surface area contributed by atoms with Crippen LogP contribution < -0.4 is 5.32 Å². The number of carbonyl (C=O) groups excluding carboxylic acids is 1. The highest BCUT2D eigenvalue weighted by molar-refractivity contribution is 5.95. The SMILES string of the molecule is O=C(CC1CCNC1)c1cccnc1. The summed E-state index contributed by atoms with van der Waals surface area (Å²) in [6, 6.07) is 3.64. The molecule has 0 bridgehead atoms. The van der Waals surface area contributed by atoms with Crippen molar-refractivity contribution in [3.05, 3.63) is 30.1 Å². The minimum absolute atomic E-state index is 0.215. The van der Waals surface area contributed by atoms with Gasteiger partial charge in [0.05, 0.1) is 0 Å². The molecule has 0 aliphatic carbocycles. The van der Waals surface area contributed by atoms with Crippen molar-refractivity contribution in [3.8, 4) is 0 Å². The smallest absolute Gasteiger partial charge is 0.164 e. The van der Waals surface area contributed by atoms with Crippen LogP contribution in [0.15, 0.2) is 24.5 Å². The summed E-state index contributed by atoms with van der Waals surface area (Å²) in [5, 5.41) is 3.26. The number of Topliss-reactive ketones (excluding diaryl/α,β-unsaturated/α-hetero) is 1. The average Bonchev–Trinajstić information content (AvgIpc) is 2.72. The summed E-state index contributed by atoms with van der Waals surface area (Å²) in [4.78, 5) is 15.7. The van der Waals surface area contributed by atoms with Crippen molar-refractivity contribution in [2.75, 3.05) is 13.1 Å². The van der Waals surface area contributed by atoms with E-state index >= 15 is 0 Å². The van der Waals surface area contributed by atoms with Crippen LogP contribution in [0, 0.1) is 5.92 Å². The van der Waals surface area contributed by atoms with Gasteiger partial charge < -0.3 is 5.32 Å². The van der Waals surface area contributed by atoms with E-state index in [0.29, 0.717) is 12.3 Å². The monoisotopic (exact) mass is 190 g/mol. The van der Waals surface area contributed by atoms with Crippen molar-refractivity contribution >= 4 is 5.78 Å². The summed E-state index contributed by atoms with van der Waals surface area (Å²) >= 11 is 0. The molecule has 1 aromatic rings. The number of nitrogens with one attached hydrogen (secondary N) is 1. The maximum Gasteiger partial charge on any atom is 0.164 e. The van der Waals surface area contributed by atoms with Crippen molar-refractivity contribution in [1.29, 1.82) is 0 Å². The molecule has 1 aliphatic heterocycles. The van der Waals surface area contributed by atoms with Gasteiger partial charge in [0.15, 0.2) is 5.78 Å². The topological polar surface area (TPSA) is 42.0 Å². The first-order valence-corrected chi connectivity index (χ1v) is 5.00. The van der Waals surface area contributed by atoms with Crippen LogP contribution in [-0.2, 0) is 0 Å². The highest BCUT2D eigenvalue weighted by Crippen LogP contribution is 2.15. The molecule has 1 aliphatic rings. The number of ketones is 1. The Labute approximate surface area is 83.5 Å². The van der Waals surface area contributed by atoms with Gasteiger partial charge in [0.2, 0.25) is 0 Å². The van der Waals surface area contributed by atoms with E-state index < -0.39 is 0 Å². The van der Waals surface area contributed by atoms with E-state index in [4.69, 9.17) is 0 Å². The molecule has 1 N–H and O–H groups in total. The van der Waals surface area contributed by atoms with Crippen LogP contribution in [0.4, 0.5) is 0 Å². The van der Waals surface area contributed by atoms with Gasteiger partial charge in [-0.05, 0) is 37.6 Å². The van der Waals surface area contributed by atoms with E-state index in [2.05, 4.69) is 10.3 Å². The van der Waals surface area contributed by atoms with Crippen LogP contribution in [0.3, 0.4) is 0 Å². The zero-order valence-electron chi connectivity index (χ0n) is 8.07. The van der Waals surface area contributed by atoms with Crippen LogP contribution in [0.1, 0.15) is 23.2 Å². The van der Waals surface area contributed by atoms with Crippen molar-refractivity contribution in [1.82, 2.24) is 10.3 Å². The molecule has 1 aromatic heterocycles. The lowest BCUT2D eigenvalue weighted by Gasteiger charge is -2.06. The number of hydrogen-bond acceptors (Lipinski definition) is 3. The molecule has 1 atom stereocenters. The molecule has 0 amide bonds. The second-order valence-electron chi connectivity index (χ2n) is 3.73. The van der Waals surface area contributed by atoms with Crippen LogP contribution in [0.2, 0.25) is 0 Å². The normalized spacial score (nSPS) is 21.0. The number of rotatable bonds is 3. The van der Waals surface area contributed by atoms with Crippen LogP contribution in [-0.4, -0.2) is 23.9 Å². The largest absolute Gasteiger partial charge is 0.316 e. The van der Waals surface area contributed by atoms with E-state index in [1.165, 1.54) is 0 Å². The van der Waals surface area contributed by atoms with Crippen molar-refractivity contribution < 1.29 is 4.79 Å². The maximum atomic E-state index is 11.7. The molecule has 0 aromatic carbocycles. The molecule has 3 nitrogen and oxygen atoms in total. The van der Waals surface area contributed by atoms with Crippen LogP contribution in [0.25, 0.3) is 0 Å². The Hall–Kier alpha value is -1.22. The summed E-state index contributed by atoms with van der Waals surface area (Å²) in [5.41, 5.74) is 0.736. The van der Waals surface area contributed by atoms with Gasteiger partial charge in [-0.1, -0.05) is 0 Å². The molecule has 2 heterocycles. The number of aromatic nitrogens is 1. The number of pyridine rings is 1. The maximum absolute atomic E-state index is 11.7. The predicted octanol–water partition coefficient (Wildman–Crippen LogP) is 1.26. The number of hydrogen-bond donors (Lipinski definition) is 1. The molecule has 1 saturated heterocycles. The van der Waals surface area contributed by atoms with E-state index in [9.17, 15) is 4.79 Å². The Morgan fingerprint density at radius 1 is 1.64 bits per heavy atom. The summed E-state index contributed by atoms with van der Waals surface area (Å²) < 4.78 is 0. The van der Waals surface area contributed by atoms with Gasteiger partial charge in [-0.25, -0.2) is 0 Å². The van der Waals surface area contributed by atoms with E-state index in [1.54, 1.807) is 18.5 Å². The quantitative estimate of drug-likeness (QED) is 0.730. The van der Waals surface area contributed by atoms with Crippen molar-refractivity contribution in [2.24, 2.45) is 5.92 Å². The molecule has 2 rings (SSSR count). The minimum atomic E-state index is 0.215. The third kappa shape index (κ3) is 2.17. The predicted molar refractivity (Wildman–Crippen MR) is 54.2 cm³/mol. The van der Waals surface area contributed by atoms with Crippen LogP contribution in [0.5, 0.6) is 0 Å². The highest BCUT2D eigenvalue weighted by atomic mass is 16.1. The lowest BCUT2D eigenvalue weighted by Crippen LogP contribution is -2.12. The lowest BCUT2D eigenvalue weighted by molar-refractivity contribution is 0.0964. The summed E-state index contributed by atoms with van der Waals surface area (Å²) in [6.45, 7) is 2.02. The Balaban J connectivity index is 1.95. The van der Waals surface area contributed by atoms with Gasteiger partial charge >= 0.3 is 0 Å². The summed E-state index contributed by atoms with van der Waals surface area (Å²) in [5.74, 6) is 0.731. The molecule has 0 saturated carbocycles. The molecule has 0 radical (unpaired) electrons. The Bertz CT molecular complexity index is 304. The van der Waals surface area contributed by atoms with Gasteiger partial charge in [-0.3, -0.25) is 9.78 Å². The molecule has 3 heteroatoms. The Morgan fingerprint density at radius 2 is 2.57 bits per heavy atom. The molecular formula is C11H14N2O. The zero-order valence-corrected chi connectivity index (χ0v) is 8.07. The van der Waals surface area contributed by atoms with Gasteiger partial charge in [-0.15, -0.1) is 0 Å². The van der Waals surface area contributed by atoms with E-state index in [-0.39, 0.29) is 5.78 Å². The summed E-state index contributed by atoms with van der Waals surface area (Å²) in [6.07, 6.45) is 5.10. The van der Waals surface area contributed by atoms with Gasteiger partial charge in [0.1, 0.15) is 0 Å². The van der Waals surface area contributed by atoms with Gasteiger partial charge in [0, 0.05) is 24.4 Å². The van der Waals surface area contributed by atoms with Crippen molar-refractivity contribution in [2.45, 2.75) is 12.8 Å². The first-order valence-electron chi connectivity index (χ1n) is 5.00. The molecule has 14 heavy (non-hydrogen) atoms. The Morgan fingerprint density at radius 3 is 3.21 bits per heavy atom. The number of carbonyl (C=O) groups is 1.